The van der Waals surface area contributed by atoms with Crippen molar-refractivity contribution in [1.29, 1.82) is 0 Å². The van der Waals surface area contributed by atoms with E-state index in [0.717, 1.165) is 12.1 Å². The first-order chi connectivity index (χ1) is 10.7. The highest BCUT2D eigenvalue weighted by Gasteiger charge is 2.30. The number of amides is 1. The topological polar surface area (TPSA) is 89.5 Å². The lowest BCUT2D eigenvalue weighted by Crippen LogP contribution is -2.22. The number of sulfone groups is 1. The van der Waals surface area contributed by atoms with Gasteiger partial charge in [-0.25, -0.2) is 17.2 Å². The fourth-order valence-corrected chi connectivity index (χ4v) is 4.11. The number of carbonyl (C=O) groups excluding carboxylic acids is 2. The summed E-state index contributed by atoms with van der Waals surface area (Å²) in [5.74, 6) is -3.50. The van der Waals surface area contributed by atoms with Crippen LogP contribution in [0.1, 0.15) is 12.8 Å². The third-order valence-electron chi connectivity index (χ3n) is 3.35. The summed E-state index contributed by atoms with van der Waals surface area (Å²) >= 11 is 0. The second kappa shape index (κ2) is 7.03. The van der Waals surface area contributed by atoms with Gasteiger partial charge in [0, 0.05) is 12.5 Å². The molecule has 1 aliphatic rings. The predicted octanol–water partition coefficient (Wildman–Crippen LogP) is 1.27. The molecule has 6 nitrogen and oxygen atoms in total. The molecule has 126 valence electrons. The molecule has 0 bridgehead atoms. The summed E-state index contributed by atoms with van der Waals surface area (Å²) in [6.07, 6.45) is 0.307. The van der Waals surface area contributed by atoms with Crippen molar-refractivity contribution in [2.75, 3.05) is 23.4 Å². The highest BCUT2D eigenvalue weighted by Crippen LogP contribution is 2.22. The Balaban J connectivity index is 1.77. The number of esters is 1. The molecule has 0 spiro atoms. The minimum Gasteiger partial charge on any atom is -0.456 e. The minimum absolute atomic E-state index is 0.0509. The fourth-order valence-electron chi connectivity index (χ4n) is 2.25. The molecule has 1 heterocycles. The van der Waals surface area contributed by atoms with Crippen LogP contribution in [0.2, 0.25) is 0 Å². The molecular weight excluding hydrogens is 332 g/mol. The van der Waals surface area contributed by atoms with Crippen LogP contribution >= 0.6 is 0 Å². The van der Waals surface area contributed by atoms with E-state index in [2.05, 4.69) is 5.32 Å². The molecule has 1 amide bonds. The fraction of sp³-hybridized carbons (Fsp3) is 0.429. The van der Waals surface area contributed by atoms with Gasteiger partial charge in [-0.1, -0.05) is 0 Å². The van der Waals surface area contributed by atoms with Crippen molar-refractivity contribution < 1.29 is 31.5 Å². The Morgan fingerprint density at radius 3 is 2.65 bits per heavy atom. The van der Waals surface area contributed by atoms with Crippen LogP contribution in [-0.4, -0.2) is 38.4 Å². The van der Waals surface area contributed by atoms with Crippen molar-refractivity contribution in [2.45, 2.75) is 12.8 Å². The number of benzene rings is 1. The Bertz CT molecular complexity index is 720. The summed E-state index contributed by atoms with van der Waals surface area (Å²) in [6, 6.07) is 2.64. The molecule has 0 saturated carbocycles. The summed E-state index contributed by atoms with van der Waals surface area (Å²) in [7, 11) is -3.08. The quantitative estimate of drug-likeness (QED) is 0.810. The molecule has 0 aliphatic carbocycles. The van der Waals surface area contributed by atoms with E-state index in [1.807, 2.05) is 0 Å². The molecule has 2 rings (SSSR count). The second-order valence-corrected chi connectivity index (χ2v) is 7.53. The Kier molecular flexibility index (Phi) is 5.30. The van der Waals surface area contributed by atoms with Crippen LogP contribution in [-0.2, 0) is 24.2 Å². The smallest absolute Gasteiger partial charge is 0.306 e. The molecule has 1 aromatic rings. The van der Waals surface area contributed by atoms with Gasteiger partial charge in [-0.05, 0) is 24.5 Å². The minimum atomic E-state index is -3.08. The summed E-state index contributed by atoms with van der Waals surface area (Å²) in [6.45, 7) is -0.630. The Labute approximate surface area is 131 Å². The summed E-state index contributed by atoms with van der Waals surface area (Å²) < 4.78 is 53.3. The zero-order valence-electron chi connectivity index (χ0n) is 12.1. The van der Waals surface area contributed by atoms with Crippen molar-refractivity contribution in [3.8, 4) is 0 Å². The van der Waals surface area contributed by atoms with Gasteiger partial charge in [0.2, 0.25) is 0 Å². The highest BCUT2D eigenvalue weighted by molar-refractivity contribution is 7.91. The van der Waals surface area contributed by atoms with E-state index in [0.29, 0.717) is 12.5 Å². The lowest BCUT2D eigenvalue weighted by atomic mass is 10.1. The van der Waals surface area contributed by atoms with Gasteiger partial charge in [0.1, 0.15) is 11.6 Å². The maximum atomic E-state index is 13.3. The Morgan fingerprint density at radius 2 is 2.04 bits per heavy atom. The van der Waals surface area contributed by atoms with E-state index in [1.165, 1.54) is 0 Å². The Morgan fingerprint density at radius 1 is 1.30 bits per heavy atom. The number of hydrogen-bond acceptors (Lipinski definition) is 5. The first-order valence-corrected chi connectivity index (χ1v) is 8.68. The van der Waals surface area contributed by atoms with Crippen LogP contribution in [0.3, 0.4) is 0 Å². The van der Waals surface area contributed by atoms with Crippen LogP contribution in [0.4, 0.5) is 14.5 Å². The van der Waals surface area contributed by atoms with Gasteiger partial charge < -0.3 is 10.1 Å². The standard InChI is InChI=1S/C14H15F2NO5S/c15-10-1-2-12(11(16)6-10)17-13(18)7-22-14(19)5-9-3-4-23(20,21)8-9/h1-2,6,9H,3-5,7-8H2,(H,17,18)/t9-/m0/s1. The van der Waals surface area contributed by atoms with E-state index in [4.69, 9.17) is 4.74 Å². The zero-order valence-corrected chi connectivity index (χ0v) is 12.9. The van der Waals surface area contributed by atoms with Crippen LogP contribution in [0.5, 0.6) is 0 Å². The summed E-state index contributed by atoms with van der Waals surface area (Å²) in [5.41, 5.74) is -0.227. The molecule has 1 N–H and O–H groups in total. The van der Waals surface area contributed by atoms with Gasteiger partial charge >= 0.3 is 5.97 Å². The Hall–Kier alpha value is -2.03. The van der Waals surface area contributed by atoms with Gasteiger partial charge in [-0.3, -0.25) is 9.59 Å². The SMILES string of the molecule is O=C(COC(=O)C[C@@H]1CCS(=O)(=O)C1)Nc1ccc(F)cc1F. The summed E-state index contributed by atoms with van der Waals surface area (Å²) in [5, 5.41) is 2.15. The number of halogens is 2. The number of rotatable bonds is 5. The maximum Gasteiger partial charge on any atom is 0.306 e. The highest BCUT2D eigenvalue weighted by atomic mass is 32.2. The number of carbonyl (C=O) groups is 2. The van der Waals surface area contributed by atoms with Crippen LogP contribution in [0, 0.1) is 17.6 Å². The summed E-state index contributed by atoms with van der Waals surface area (Å²) in [4.78, 5) is 23.1. The molecule has 1 fully saturated rings. The molecule has 0 radical (unpaired) electrons. The monoisotopic (exact) mass is 347 g/mol. The van der Waals surface area contributed by atoms with Crippen molar-refractivity contribution in [2.24, 2.45) is 5.92 Å². The molecule has 0 aromatic heterocycles. The average Bonchev–Trinajstić information content (AvgIpc) is 2.79. The largest absolute Gasteiger partial charge is 0.456 e. The van der Waals surface area contributed by atoms with Crippen LogP contribution in [0.15, 0.2) is 18.2 Å². The zero-order chi connectivity index (χ0) is 17.0. The predicted molar refractivity (Wildman–Crippen MR) is 77.3 cm³/mol. The molecule has 23 heavy (non-hydrogen) atoms. The van der Waals surface area contributed by atoms with Gasteiger partial charge in [0.05, 0.1) is 17.2 Å². The molecule has 0 unspecified atom stereocenters. The van der Waals surface area contributed by atoms with Gasteiger partial charge in [0.25, 0.3) is 5.91 Å². The lowest BCUT2D eigenvalue weighted by Gasteiger charge is -2.09. The molecule has 9 heteroatoms. The number of ether oxygens (including phenoxy) is 1. The molecule has 1 atom stereocenters. The van der Waals surface area contributed by atoms with Gasteiger partial charge in [-0.2, -0.15) is 0 Å². The van der Waals surface area contributed by atoms with E-state index in [1.54, 1.807) is 0 Å². The van der Waals surface area contributed by atoms with Gasteiger partial charge in [0.15, 0.2) is 16.4 Å². The first kappa shape index (κ1) is 17.3. The van der Waals surface area contributed by atoms with Crippen LogP contribution < -0.4 is 5.32 Å². The van der Waals surface area contributed by atoms with E-state index < -0.39 is 40.0 Å². The molecule has 1 saturated heterocycles. The molecule has 1 aliphatic heterocycles. The van der Waals surface area contributed by atoms with E-state index in [9.17, 15) is 26.8 Å². The van der Waals surface area contributed by atoms with E-state index >= 15 is 0 Å². The van der Waals surface area contributed by atoms with Crippen molar-refractivity contribution >= 4 is 27.4 Å². The van der Waals surface area contributed by atoms with Crippen molar-refractivity contribution in [1.82, 2.24) is 0 Å². The van der Waals surface area contributed by atoms with Crippen molar-refractivity contribution in [3.05, 3.63) is 29.8 Å². The van der Waals surface area contributed by atoms with Gasteiger partial charge in [-0.15, -0.1) is 0 Å². The van der Waals surface area contributed by atoms with Crippen LogP contribution in [0.25, 0.3) is 0 Å². The maximum absolute atomic E-state index is 13.3. The third-order valence-corrected chi connectivity index (χ3v) is 5.19. The normalized spacial score (nSPS) is 19.3. The number of nitrogens with one attached hydrogen (secondary N) is 1. The number of hydrogen-bond donors (Lipinski definition) is 1. The van der Waals surface area contributed by atoms with Crippen molar-refractivity contribution in [3.63, 3.8) is 0 Å². The lowest BCUT2D eigenvalue weighted by molar-refractivity contribution is -0.148. The number of anilines is 1. The molecule has 1 aromatic carbocycles. The first-order valence-electron chi connectivity index (χ1n) is 6.86. The third kappa shape index (κ3) is 5.27. The molecular formula is C14H15F2NO5S. The van der Waals surface area contributed by atoms with E-state index in [-0.39, 0.29) is 29.5 Å². The second-order valence-electron chi connectivity index (χ2n) is 5.31. The average molecular weight is 347 g/mol.